The van der Waals surface area contributed by atoms with Gasteiger partial charge in [-0.15, -0.1) is 0 Å². The summed E-state index contributed by atoms with van der Waals surface area (Å²) in [6.07, 6.45) is 14.3. The zero-order valence-electron chi connectivity index (χ0n) is 23.2. The van der Waals surface area contributed by atoms with Crippen LogP contribution in [0.25, 0.3) is 0 Å². The molecule has 39 heavy (non-hydrogen) atoms. The summed E-state index contributed by atoms with van der Waals surface area (Å²) in [6, 6.07) is 30.3. The molecule has 0 spiro atoms. The summed E-state index contributed by atoms with van der Waals surface area (Å²) in [4.78, 5) is 0. The SMILES string of the molecule is CCCCCCCCCCOCn1cc[n+](Cc2ccccc2)c1C(O)(c1ccccc1)c1ccccc1.[Cl-]. The number of halogens is 1. The Labute approximate surface area is 240 Å². The second-order valence-corrected chi connectivity index (χ2v) is 10.2. The van der Waals surface area contributed by atoms with E-state index in [1.165, 1.54) is 50.5 Å². The fourth-order valence-corrected chi connectivity index (χ4v) is 5.18. The van der Waals surface area contributed by atoms with E-state index in [0.29, 0.717) is 13.3 Å². The lowest BCUT2D eigenvalue weighted by Crippen LogP contribution is -3.00. The third-order valence-corrected chi connectivity index (χ3v) is 7.25. The normalized spacial score (nSPS) is 11.3. The molecule has 4 aromatic rings. The van der Waals surface area contributed by atoms with Crippen LogP contribution in [0.1, 0.15) is 80.8 Å². The van der Waals surface area contributed by atoms with Crippen molar-refractivity contribution in [1.82, 2.24) is 4.57 Å². The van der Waals surface area contributed by atoms with E-state index in [4.69, 9.17) is 4.74 Å². The molecule has 0 amide bonds. The number of hydrogen-bond donors (Lipinski definition) is 1. The zero-order chi connectivity index (χ0) is 26.5. The van der Waals surface area contributed by atoms with Crippen LogP contribution >= 0.6 is 0 Å². The third kappa shape index (κ3) is 8.28. The van der Waals surface area contributed by atoms with Gasteiger partial charge in [-0.05, 0) is 12.0 Å². The third-order valence-electron chi connectivity index (χ3n) is 7.25. The zero-order valence-corrected chi connectivity index (χ0v) is 24.0. The minimum atomic E-state index is -1.34. The summed E-state index contributed by atoms with van der Waals surface area (Å²) < 4.78 is 10.4. The van der Waals surface area contributed by atoms with Gasteiger partial charge in [0.25, 0.3) is 0 Å². The Hall–Kier alpha value is -2.92. The number of unbranched alkanes of at least 4 members (excludes halogenated alkanes) is 7. The van der Waals surface area contributed by atoms with Gasteiger partial charge in [0.15, 0.2) is 6.73 Å². The fourth-order valence-electron chi connectivity index (χ4n) is 5.18. The van der Waals surface area contributed by atoms with Gasteiger partial charge < -0.3 is 22.3 Å². The number of benzene rings is 3. The maximum absolute atomic E-state index is 12.6. The molecule has 1 aromatic heterocycles. The predicted octanol–water partition coefficient (Wildman–Crippen LogP) is 4.23. The van der Waals surface area contributed by atoms with E-state index in [2.05, 4.69) is 46.5 Å². The molecule has 3 aromatic carbocycles. The van der Waals surface area contributed by atoms with E-state index >= 15 is 0 Å². The molecule has 0 bridgehead atoms. The Balaban J connectivity index is 0.00000420. The van der Waals surface area contributed by atoms with Crippen molar-refractivity contribution in [3.05, 3.63) is 126 Å². The molecule has 0 saturated heterocycles. The highest BCUT2D eigenvalue weighted by Gasteiger charge is 2.45. The van der Waals surface area contributed by atoms with E-state index in [9.17, 15) is 5.11 Å². The Morgan fingerprint density at radius 2 is 1.23 bits per heavy atom. The molecule has 0 fully saturated rings. The molecule has 5 heteroatoms. The highest BCUT2D eigenvalue weighted by Crippen LogP contribution is 2.35. The van der Waals surface area contributed by atoms with Crippen LogP contribution in [-0.2, 0) is 23.6 Å². The predicted molar refractivity (Wildman–Crippen MR) is 154 cm³/mol. The molecule has 0 aliphatic heterocycles. The molecule has 0 radical (unpaired) electrons. The number of imidazole rings is 1. The summed E-state index contributed by atoms with van der Waals surface area (Å²) in [6.45, 7) is 4.04. The topological polar surface area (TPSA) is 38.3 Å². The molecule has 0 atom stereocenters. The number of aliphatic hydroxyl groups is 1. The minimum Gasteiger partial charge on any atom is -1.00 e. The monoisotopic (exact) mass is 546 g/mol. The van der Waals surface area contributed by atoms with Crippen molar-refractivity contribution in [2.24, 2.45) is 0 Å². The van der Waals surface area contributed by atoms with Crippen molar-refractivity contribution in [3.63, 3.8) is 0 Å². The minimum absolute atomic E-state index is 0. The molecule has 4 rings (SSSR count). The van der Waals surface area contributed by atoms with Gasteiger partial charge in [0.2, 0.25) is 5.60 Å². The quantitative estimate of drug-likeness (QED) is 0.169. The van der Waals surface area contributed by atoms with Crippen molar-refractivity contribution in [2.75, 3.05) is 6.61 Å². The molecule has 208 valence electrons. The van der Waals surface area contributed by atoms with Crippen molar-refractivity contribution < 1.29 is 26.8 Å². The molecule has 0 saturated carbocycles. The molecule has 4 nitrogen and oxygen atoms in total. The van der Waals surface area contributed by atoms with Crippen LogP contribution in [0, 0.1) is 0 Å². The summed E-state index contributed by atoms with van der Waals surface area (Å²) in [5, 5.41) is 12.6. The number of ether oxygens (including phenoxy) is 1. The van der Waals surface area contributed by atoms with Gasteiger partial charge in [-0.3, -0.25) is 0 Å². The van der Waals surface area contributed by atoms with Crippen LogP contribution in [0.4, 0.5) is 0 Å². The van der Waals surface area contributed by atoms with E-state index in [1.807, 2.05) is 72.9 Å². The first-order chi connectivity index (χ1) is 18.7. The summed E-state index contributed by atoms with van der Waals surface area (Å²) in [7, 11) is 0. The summed E-state index contributed by atoms with van der Waals surface area (Å²) >= 11 is 0. The largest absolute Gasteiger partial charge is 1.00 e. The average molecular weight is 547 g/mol. The van der Waals surface area contributed by atoms with Crippen molar-refractivity contribution in [2.45, 2.75) is 77.2 Å². The van der Waals surface area contributed by atoms with Crippen LogP contribution in [0.15, 0.2) is 103 Å². The second kappa shape index (κ2) is 16.2. The van der Waals surface area contributed by atoms with Gasteiger partial charge in [0.1, 0.15) is 18.9 Å². The summed E-state index contributed by atoms with van der Waals surface area (Å²) in [5.41, 5.74) is 1.50. The lowest BCUT2D eigenvalue weighted by Gasteiger charge is -2.27. The van der Waals surface area contributed by atoms with Crippen LogP contribution in [-0.4, -0.2) is 16.3 Å². The van der Waals surface area contributed by atoms with Crippen molar-refractivity contribution in [1.29, 1.82) is 0 Å². The second-order valence-electron chi connectivity index (χ2n) is 10.2. The highest BCUT2D eigenvalue weighted by atomic mass is 35.5. The van der Waals surface area contributed by atoms with Gasteiger partial charge in [-0.2, -0.15) is 0 Å². The smallest absolute Gasteiger partial charge is 0.300 e. The van der Waals surface area contributed by atoms with Crippen LogP contribution < -0.4 is 17.0 Å². The Kier molecular flexibility index (Phi) is 12.8. The Morgan fingerprint density at radius 1 is 0.718 bits per heavy atom. The van der Waals surface area contributed by atoms with Gasteiger partial charge >= 0.3 is 5.82 Å². The summed E-state index contributed by atoms with van der Waals surface area (Å²) in [5.74, 6) is 0.787. The fraction of sp³-hybridized carbons (Fsp3) is 0.382. The molecule has 1 N–H and O–H groups in total. The van der Waals surface area contributed by atoms with Crippen LogP contribution in [0.3, 0.4) is 0 Å². The van der Waals surface area contributed by atoms with Crippen molar-refractivity contribution in [3.8, 4) is 0 Å². The highest BCUT2D eigenvalue weighted by molar-refractivity contribution is 5.41. The van der Waals surface area contributed by atoms with Gasteiger partial charge in [-0.1, -0.05) is 143 Å². The Morgan fingerprint density at radius 3 is 1.79 bits per heavy atom. The van der Waals surface area contributed by atoms with Crippen molar-refractivity contribution >= 4 is 0 Å². The number of nitrogens with zero attached hydrogens (tertiary/aromatic N) is 2. The lowest BCUT2D eigenvalue weighted by atomic mass is 9.85. The van der Waals surface area contributed by atoms with E-state index in [-0.39, 0.29) is 12.4 Å². The van der Waals surface area contributed by atoms with E-state index in [1.54, 1.807) is 0 Å². The van der Waals surface area contributed by atoms with Crippen LogP contribution in [0.5, 0.6) is 0 Å². The average Bonchev–Trinajstić information content (AvgIpc) is 3.37. The number of hydrogen-bond acceptors (Lipinski definition) is 2. The van der Waals surface area contributed by atoms with E-state index < -0.39 is 5.60 Å². The maximum atomic E-state index is 12.6. The Bertz CT molecular complexity index is 1160. The standard InChI is InChI=1S/C34H43N2O2.ClH/c1-2-3-4-5-6-7-8-18-27-38-29-36-26-25-35(28-30-19-12-9-13-20-30)33(36)34(37,31-21-14-10-15-22-31)32-23-16-11-17-24-32;/h9-17,19-26,37H,2-8,18,27-29H2,1H3;1H/q+1;/p-1. The van der Waals surface area contributed by atoms with Crippen LogP contribution in [0.2, 0.25) is 0 Å². The first-order valence-electron chi connectivity index (χ1n) is 14.3. The number of aromatic nitrogens is 2. The molecule has 1 heterocycles. The molecule has 0 aliphatic carbocycles. The molecular formula is C34H43ClN2O2. The van der Waals surface area contributed by atoms with E-state index in [0.717, 1.165) is 30.0 Å². The van der Waals surface area contributed by atoms with Gasteiger partial charge in [0, 0.05) is 11.1 Å². The molecule has 0 unspecified atom stereocenters. The molecular weight excluding hydrogens is 504 g/mol. The first kappa shape index (κ1) is 30.6. The lowest BCUT2D eigenvalue weighted by molar-refractivity contribution is -0.700. The molecule has 0 aliphatic rings. The van der Waals surface area contributed by atoms with Gasteiger partial charge in [-0.25, -0.2) is 9.13 Å². The first-order valence-corrected chi connectivity index (χ1v) is 14.3. The maximum Gasteiger partial charge on any atom is 0.300 e. The van der Waals surface area contributed by atoms with Gasteiger partial charge in [0.05, 0.1) is 6.61 Å². The number of rotatable bonds is 16.